The van der Waals surface area contributed by atoms with E-state index in [-0.39, 0.29) is 5.56 Å². The summed E-state index contributed by atoms with van der Waals surface area (Å²) in [5.74, 6) is 0. The second-order valence-electron chi connectivity index (χ2n) is 8.72. The summed E-state index contributed by atoms with van der Waals surface area (Å²) in [6, 6.07) is 30.9. The van der Waals surface area contributed by atoms with Crippen LogP contribution in [0.25, 0.3) is 55.8 Å². The molecule has 34 heavy (non-hydrogen) atoms. The van der Waals surface area contributed by atoms with Crippen LogP contribution in [0.15, 0.2) is 95.8 Å². The summed E-state index contributed by atoms with van der Waals surface area (Å²) in [5, 5.41) is 2.77. The van der Waals surface area contributed by atoms with Crippen LogP contribution in [-0.2, 0) is 0 Å². The van der Waals surface area contributed by atoms with E-state index in [0.29, 0.717) is 0 Å². The van der Waals surface area contributed by atoms with Gasteiger partial charge in [-0.1, -0.05) is 85.8 Å². The average Bonchev–Trinajstić information content (AvgIpc) is 3.27. The second-order valence-corrected chi connectivity index (χ2v) is 8.72. The van der Waals surface area contributed by atoms with Gasteiger partial charge in [0.25, 0.3) is 5.56 Å². The van der Waals surface area contributed by atoms with Crippen LogP contribution in [0.4, 0.5) is 0 Å². The monoisotopic (exact) mass is 440 g/mol. The molecule has 3 nitrogen and oxygen atoms in total. The summed E-state index contributed by atoms with van der Waals surface area (Å²) in [4.78, 5) is 19.0. The predicted octanol–water partition coefficient (Wildman–Crippen LogP) is 6.55. The van der Waals surface area contributed by atoms with Gasteiger partial charge in [-0.25, -0.2) is 4.98 Å². The number of imidazole rings is 1. The Morgan fingerprint density at radius 3 is 2.24 bits per heavy atom. The molecule has 2 heterocycles. The average molecular weight is 441 g/mol. The summed E-state index contributed by atoms with van der Waals surface area (Å²) < 4.78 is 1.83. The molecule has 0 radical (unpaired) electrons. The number of rotatable bonds is 3. The molecule has 4 aromatic carbocycles. The fourth-order valence-electron chi connectivity index (χ4n) is 5.06. The number of hydrogen-bond acceptors (Lipinski definition) is 2. The Balaban J connectivity index is 1.87. The van der Waals surface area contributed by atoms with Crippen LogP contribution in [0.5, 0.6) is 0 Å². The first kappa shape index (κ1) is 20.4. The third kappa shape index (κ3) is 3.05. The minimum Gasteiger partial charge on any atom is -0.268 e. The third-order valence-electron chi connectivity index (χ3n) is 6.57. The van der Waals surface area contributed by atoms with Crippen molar-refractivity contribution in [3.8, 4) is 22.3 Å². The Morgan fingerprint density at radius 2 is 1.53 bits per heavy atom. The van der Waals surface area contributed by atoms with E-state index in [4.69, 9.17) is 4.98 Å². The summed E-state index contributed by atoms with van der Waals surface area (Å²) in [7, 11) is 0. The number of benzene rings is 4. The Morgan fingerprint density at radius 1 is 0.824 bits per heavy atom. The minimum absolute atomic E-state index is 0.0194. The van der Waals surface area contributed by atoms with Crippen molar-refractivity contribution in [1.29, 1.82) is 0 Å². The van der Waals surface area contributed by atoms with Crippen molar-refractivity contribution in [2.75, 3.05) is 0 Å². The molecule has 0 aliphatic heterocycles. The molecule has 0 spiro atoms. The van der Waals surface area contributed by atoms with Crippen molar-refractivity contribution in [2.24, 2.45) is 0 Å². The van der Waals surface area contributed by atoms with Crippen LogP contribution in [0.2, 0.25) is 0 Å². The normalized spacial score (nSPS) is 12.2. The zero-order valence-corrected chi connectivity index (χ0v) is 19.2. The Labute approximate surface area is 197 Å². The van der Waals surface area contributed by atoms with Gasteiger partial charge in [-0.3, -0.25) is 9.20 Å². The molecule has 0 unspecified atom stereocenters. The summed E-state index contributed by atoms with van der Waals surface area (Å²) in [5.41, 5.74) is 7.79. The number of nitrogens with zero attached hydrogens (tertiary/aromatic N) is 2. The highest BCUT2D eigenvalue weighted by Gasteiger charge is 2.19. The van der Waals surface area contributed by atoms with Crippen molar-refractivity contribution in [1.82, 2.24) is 9.38 Å². The van der Waals surface area contributed by atoms with E-state index in [9.17, 15) is 4.79 Å². The van der Waals surface area contributed by atoms with Gasteiger partial charge in [0, 0.05) is 21.6 Å². The van der Waals surface area contributed by atoms with Crippen LogP contribution in [-0.4, -0.2) is 9.38 Å². The van der Waals surface area contributed by atoms with Gasteiger partial charge in [0.2, 0.25) is 0 Å². The van der Waals surface area contributed by atoms with Crippen LogP contribution in [0, 0.1) is 6.92 Å². The molecule has 2 aromatic heterocycles. The highest BCUT2D eigenvalue weighted by atomic mass is 16.1. The van der Waals surface area contributed by atoms with Crippen LogP contribution in [0.1, 0.15) is 18.9 Å². The van der Waals surface area contributed by atoms with Gasteiger partial charge < -0.3 is 0 Å². The highest BCUT2D eigenvalue weighted by Crippen LogP contribution is 2.34. The molecule has 0 atom stereocenters. The van der Waals surface area contributed by atoms with Crippen LogP contribution < -0.4 is 10.8 Å². The molecule has 0 saturated heterocycles. The lowest BCUT2D eigenvalue weighted by molar-refractivity contribution is 1.16. The number of aromatic nitrogens is 2. The van der Waals surface area contributed by atoms with Gasteiger partial charge in [-0.15, -0.1) is 0 Å². The van der Waals surface area contributed by atoms with Crippen molar-refractivity contribution >= 4 is 33.5 Å². The molecule has 0 saturated carbocycles. The first-order valence-corrected chi connectivity index (χ1v) is 11.7. The lowest BCUT2D eigenvalue weighted by Gasteiger charge is -2.10. The summed E-state index contributed by atoms with van der Waals surface area (Å²) in [6.07, 6.45) is 3.05. The SMILES string of the molecule is CC/C=c1\c2c(C)cccc2c(=O)n2c1nc1cc(-c3ccccc3)cc(-c3ccccc3)c12. The maximum atomic E-state index is 13.9. The molecule has 164 valence electrons. The maximum Gasteiger partial charge on any atom is 0.264 e. The summed E-state index contributed by atoms with van der Waals surface area (Å²) in [6.45, 7) is 4.19. The van der Waals surface area contributed by atoms with E-state index in [1.165, 1.54) is 0 Å². The molecule has 0 bridgehead atoms. The maximum absolute atomic E-state index is 13.9. The number of pyridine rings is 1. The molecule has 0 fully saturated rings. The first-order chi connectivity index (χ1) is 16.7. The largest absolute Gasteiger partial charge is 0.268 e. The standard InChI is InChI=1S/C31H24N2O/c1-3-11-24-28-20(2)12-10-17-25(28)31(34)33-29-26(22-15-8-5-9-16-22)18-23(19-27(29)32-30(24)33)21-13-6-4-7-14-21/h4-19H,3H2,1-2H3/b24-11+. The Hall–Kier alpha value is -4.24. The first-order valence-electron chi connectivity index (χ1n) is 11.7. The molecule has 0 aliphatic rings. The quantitative estimate of drug-likeness (QED) is 0.313. The van der Waals surface area contributed by atoms with Crippen LogP contribution >= 0.6 is 0 Å². The van der Waals surface area contributed by atoms with Gasteiger partial charge in [0.15, 0.2) is 0 Å². The van der Waals surface area contributed by atoms with E-state index in [2.05, 4.69) is 62.4 Å². The van der Waals surface area contributed by atoms with E-state index in [1.54, 1.807) is 0 Å². The molecule has 6 aromatic rings. The number of aryl methyl sites for hydroxylation is 1. The van der Waals surface area contributed by atoms with Gasteiger partial charge >= 0.3 is 0 Å². The molecule has 6 rings (SSSR count). The third-order valence-corrected chi connectivity index (χ3v) is 6.57. The Kier molecular flexibility index (Phi) is 4.77. The zero-order valence-electron chi connectivity index (χ0n) is 19.2. The van der Waals surface area contributed by atoms with Crippen molar-refractivity contribution in [3.63, 3.8) is 0 Å². The van der Waals surface area contributed by atoms with E-state index in [1.807, 2.05) is 52.9 Å². The van der Waals surface area contributed by atoms with Gasteiger partial charge in [0.05, 0.1) is 11.0 Å². The number of fused-ring (bicyclic) bond motifs is 4. The highest BCUT2D eigenvalue weighted by molar-refractivity contribution is 6.00. The fraction of sp³-hybridized carbons (Fsp3) is 0.0968. The summed E-state index contributed by atoms with van der Waals surface area (Å²) >= 11 is 0. The molecule has 0 amide bonds. The second kappa shape index (κ2) is 7.96. The molecule has 3 heteroatoms. The van der Waals surface area contributed by atoms with Crippen molar-refractivity contribution in [3.05, 3.63) is 112 Å². The number of hydrogen-bond donors (Lipinski definition) is 0. The topological polar surface area (TPSA) is 34.4 Å². The molecule has 0 N–H and O–H groups in total. The van der Waals surface area contributed by atoms with Gasteiger partial charge in [-0.2, -0.15) is 0 Å². The smallest absolute Gasteiger partial charge is 0.264 e. The lowest BCUT2D eigenvalue weighted by Crippen LogP contribution is -2.22. The minimum atomic E-state index is -0.0194. The lowest BCUT2D eigenvalue weighted by atomic mass is 9.97. The fourth-order valence-corrected chi connectivity index (χ4v) is 5.06. The Bertz CT molecular complexity index is 1800. The van der Waals surface area contributed by atoms with Crippen molar-refractivity contribution < 1.29 is 0 Å². The van der Waals surface area contributed by atoms with E-state index >= 15 is 0 Å². The van der Waals surface area contributed by atoms with E-state index < -0.39 is 0 Å². The van der Waals surface area contributed by atoms with Crippen LogP contribution in [0.3, 0.4) is 0 Å². The van der Waals surface area contributed by atoms with E-state index in [0.717, 1.165) is 66.9 Å². The molecule has 0 aliphatic carbocycles. The molecular formula is C31H24N2O. The van der Waals surface area contributed by atoms with Gasteiger partial charge in [0.1, 0.15) is 5.65 Å². The predicted molar refractivity (Wildman–Crippen MR) is 142 cm³/mol. The van der Waals surface area contributed by atoms with Crippen molar-refractivity contribution in [2.45, 2.75) is 20.3 Å². The molecular weight excluding hydrogens is 416 g/mol. The zero-order chi connectivity index (χ0) is 23.2. The van der Waals surface area contributed by atoms with Gasteiger partial charge in [-0.05, 0) is 53.8 Å².